The first-order valence-corrected chi connectivity index (χ1v) is 4.05. The average Bonchev–Trinajstić information content (AvgIpc) is 2.37. The summed E-state index contributed by atoms with van der Waals surface area (Å²) in [6, 6.07) is 0. The van der Waals surface area contributed by atoms with Crippen LogP contribution in [0, 0.1) is 5.92 Å². The van der Waals surface area contributed by atoms with Crippen molar-refractivity contribution in [2.24, 2.45) is 5.92 Å². The first-order valence-electron chi connectivity index (χ1n) is 3.52. The molecule has 2 atom stereocenters. The fraction of sp³-hybridized carbons (Fsp3) is 1.00. The largest absolute Gasteiger partial charge is 0.378 e. The van der Waals surface area contributed by atoms with Gasteiger partial charge in [-0.25, -0.2) is 0 Å². The van der Waals surface area contributed by atoms with Gasteiger partial charge in [0.15, 0.2) is 0 Å². The normalized spacial score (nSPS) is 30.7. The van der Waals surface area contributed by atoms with Gasteiger partial charge in [0.2, 0.25) is 0 Å². The third-order valence-electron chi connectivity index (χ3n) is 1.84. The van der Waals surface area contributed by atoms with Crippen molar-refractivity contribution in [3.05, 3.63) is 0 Å². The molecule has 0 aromatic rings. The summed E-state index contributed by atoms with van der Waals surface area (Å²) < 4.78 is 5.42. The molecule has 1 fully saturated rings. The smallest absolute Gasteiger partial charge is 0.0612 e. The molecule has 0 N–H and O–H groups in total. The summed E-state index contributed by atoms with van der Waals surface area (Å²) >= 11 is 5.65. The zero-order valence-corrected chi connectivity index (χ0v) is 6.53. The quantitative estimate of drug-likeness (QED) is 0.545. The van der Waals surface area contributed by atoms with Crippen molar-refractivity contribution in [2.75, 3.05) is 12.5 Å². The Hall–Kier alpha value is 0.250. The molecule has 9 heavy (non-hydrogen) atoms. The van der Waals surface area contributed by atoms with Crippen molar-refractivity contribution < 1.29 is 4.74 Å². The van der Waals surface area contributed by atoms with Crippen molar-refractivity contribution in [3.63, 3.8) is 0 Å². The molecule has 0 saturated carbocycles. The molecule has 0 aliphatic carbocycles. The molecular formula is C7H13ClO. The lowest BCUT2D eigenvalue weighted by Gasteiger charge is -2.14. The highest BCUT2D eigenvalue weighted by Crippen LogP contribution is 2.20. The van der Waals surface area contributed by atoms with Crippen LogP contribution in [0.1, 0.15) is 19.8 Å². The number of hydrogen-bond donors (Lipinski definition) is 0. The molecule has 2 unspecified atom stereocenters. The first-order chi connectivity index (χ1) is 4.34. The summed E-state index contributed by atoms with van der Waals surface area (Å²) in [6.45, 7) is 3.08. The Bertz CT molecular complexity index is 79.0. The second-order valence-corrected chi connectivity index (χ2v) is 2.99. The monoisotopic (exact) mass is 148 g/mol. The summed E-state index contributed by atoms with van der Waals surface area (Å²) in [5, 5.41) is 0. The van der Waals surface area contributed by atoms with Gasteiger partial charge in [0.25, 0.3) is 0 Å². The summed E-state index contributed by atoms with van der Waals surface area (Å²) in [5.41, 5.74) is 0. The van der Waals surface area contributed by atoms with Crippen LogP contribution in [0.4, 0.5) is 0 Å². The Morgan fingerprint density at radius 3 is 3.00 bits per heavy atom. The van der Waals surface area contributed by atoms with Gasteiger partial charge >= 0.3 is 0 Å². The van der Waals surface area contributed by atoms with Crippen molar-refractivity contribution in [3.8, 4) is 0 Å². The molecule has 0 bridgehead atoms. The topological polar surface area (TPSA) is 9.23 Å². The molecular weight excluding hydrogens is 136 g/mol. The van der Waals surface area contributed by atoms with E-state index >= 15 is 0 Å². The minimum Gasteiger partial charge on any atom is -0.378 e. The Morgan fingerprint density at radius 2 is 2.56 bits per heavy atom. The molecule has 0 spiro atoms. The van der Waals surface area contributed by atoms with E-state index in [1.807, 2.05) is 0 Å². The lowest BCUT2D eigenvalue weighted by atomic mass is 10.1. The van der Waals surface area contributed by atoms with Crippen LogP contribution in [0.25, 0.3) is 0 Å². The van der Waals surface area contributed by atoms with Crippen LogP contribution in [0.3, 0.4) is 0 Å². The number of halogens is 1. The zero-order chi connectivity index (χ0) is 6.69. The molecule has 1 aliphatic heterocycles. The standard InChI is InChI=1S/C7H13ClO/c1-6(5-8)7-3-2-4-9-7/h6-7H,2-5H2,1H3. The average molecular weight is 149 g/mol. The van der Waals surface area contributed by atoms with Gasteiger partial charge in [-0.05, 0) is 18.8 Å². The predicted molar refractivity (Wildman–Crippen MR) is 38.9 cm³/mol. The zero-order valence-electron chi connectivity index (χ0n) is 5.77. The van der Waals surface area contributed by atoms with E-state index in [0.29, 0.717) is 12.0 Å². The summed E-state index contributed by atoms with van der Waals surface area (Å²) in [5.74, 6) is 1.26. The van der Waals surface area contributed by atoms with Crippen LogP contribution in [0.15, 0.2) is 0 Å². The minimum absolute atomic E-state index is 0.447. The number of alkyl halides is 1. The van der Waals surface area contributed by atoms with Crippen molar-refractivity contribution in [2.45, 2.75) is 25.9 Å². The van der Waals surface area contributed by atoms with Crippen LogP contribution in [0.5, 0.6) is 0 Å². The van der Waals surface area contributed by atoms with Crippen molar-refractivity contribution in [1.82, 2.24) is 0 Å². The highest BCUT2D eigenvalue weighted by atomic mass is 35.5. The maximum absolute atomic E-state index is 5.65. The second-order valence-electron chi connectivity index (χ2n) is 2.68. The second kappa shape index (κ2) is 3.43. The van der Waals surface area contributed by atoms with Gasteiger partial charge < -0.3 is 4.74 Å². The Morgan fingerprint density at radius 1 is 1.78 bits per heavy atom. The van der Waals surface area contributed by atoms with E-state index in [0.717, 1.165) is 12.5 Å². The molecule has 0 aromatic heterocycles. The lowest BCUT2D eigenvalue weighted by molar-refractivity contribution is 0.0769. The van der Waals surface area contributed by atoms with E-state index < -0.39 is 0 Å². The van der Waals surface area contributed by atoms with Gasteiger partial charge in [-0.3, -0.25) is 0 Å². The van der Waals surface area contributed by atoms with E-state index in [9.17, 15) is 0 Å². The van der Waals surface area contributed by atoms with Crippen molar-refractivity contribution in [1.29, 1.82) is 0 Å². The van der Waals surface area contributed by atoms with E-state index in [4.69, 9.17) is 16.3 Å². The lowest BCUT2D eigenvalue weighted by Crippen LogP contribution is -2.17. The third kappa shape index (κ3) is 1.84. The SMILES string of the molecule is CC(CCl)C1CCCO1. The molecule has 1 saturated heterocycles. The van der Waals surface area contributed by atoms with Crippen LogP contribution in [0.2, 0.25) is 0 Å². The van der Waals surface area contributed by atoms with Gasteiger partial charge in [0.1, 0.15) is 0 Å². The molecule has 0 amide bonds. The van der Waals surface area contributed by atoms with Gasteiger partial charge in [-0.15, -0.1) is 11.6 Å². The fourth-order valence-corrected chi connectivity index (χ4v) is 1.35. The first kappa shape index (κ1) is 7.36. The summed E-state index contributed by atoms with van der Waals surface area (Å²) in [7, 11) is 0. The van der Waals surface area contributed by atoms with E-state index in [1.165, 1.54) is 12.8 Å². The molecule has 54 valence electrons. The minimum atomic E-state index is 0.447. The fourth-order valence-electron chi connectivity index (χ4n) is 1.15. The third-order valence-corrected chi connectivity index (χ3v) is 2.33. The van der Waals surface area contributed by atoms with Crippen LogP contribution < -0.4 is 0 Å². The van der Waals surface area contributed by atoms with Gasteiger partial charge in [-0.1, -0.05) is 6.92 Å². The maximum Gasteiger partial charge on any atom is 0.0612 e. The Labute approximate surface area is 61.3 Å². The number of ether oxygens (including phenoxy) is 1. The van der Waals surface area contributed by atoms with E-state index in [1.54, 1.807) is 0 Å². The maximum atomic E-state index is 5.65. The molecule has 2 heteroatoms. The van der Waals surface area contributed by atoms with Crippen LogP contribution >= 0.6 is 11.6 Å². The number of hydrogen-bond acceptors (Lipinski definition) is 1. The molecule has 1 rings (SSSR count). The predicted octanol–water partition coefficient (Wildman–Crippen LogP) is 2.04. The molecule has 0 radical (unpaired) electrons. The van der Waals surface area contributed by atoms with Gasteiger partial charge in [-0.2, -0.15) is 0 Å². The highest BCUT2D eigenvalue weighted by Gasteiger charge is 2.20. The Balaban J connectivity index is 2.24. The van der Waals surface area contributed by atoms with E-state index in [2.05, 4.69) is 6.92 Å². The van der Waals surface area contributed by atoms with Crippen LogP contribution in [-0.2, 0) is 4.74 Å². The molecule has 0 aromatic carbocycles. The molecule has 1 heterocycles. The molecule has 1 aliphatic rings. The van der Waals surface area contributed by atoms with Gasteiger partial charge in [0.05, 0.1) is 6.10 Å². The van der Waals surface area contributed by atoms with Crippen molar-refractivity contribution >= 4 is 11.6 Å². The van der Waals surface area contributed by atoms with E-state index in [-0.39, 0.29) is 0 Å². The number of rotatable bonds is 2. The summed E-state index contributed by atoms with van der Waals surface area (Å²) in [6.07, 6.45) is 2.86. The Kier molecular flexibility index (Phi) is 2.80. The van der Waals surface area contributed by atoms with Crippen LogP contribution in [-0.4, -0.2) is 18.6 Å². The summed E-state index contributed by atoms with van der Waals surface area (Å²) in [4.78, 5) is 0. The molecule has 1 nitrogen and oxygen atoms in total. The highest BCUT2D eigenvalue weighted by molar-refractivity contribution is 6.18. The van der Waals surface area contributed by atoms with Gasteiger partial charge in [0, 0.05) is 12.5 Å².